The summed E-state index contributed by atoms with van der Waals surface area (Å²) in [7, 11) is 1.27. The molecule has 7 heteroatoms. The molecule has 4 nitrogen and oxygen atoms in total. The lowest BCUT2D eigenvalue weighted by Crippen LogP contribution is -2.34. The fourth-order valence-electron chi connectivity index (χ4n) is 3.40. The number of nitrogens with one attached hydrogen (secondary N) is 1. The highest BCUT2D eigenvalue weighted by molar-refractivity contribution is 6.35. The van der Waals surface area contributed by atoms with Crippen molar-refractivity contribution in [2.75, 3.05) is 7.11 Å². The Morgan fingerprint density at radius 3 is 2.46 bits per heavy atom. The first kappa shape index (κ1) is 20.4. The molecule has 1 aliphatic carbocycles. The molecule has 1 N–H and O–H groups in total. The Morgan fingerprint density at radius 1 is 1.14 bits per heavy atom. The van der Waals surface area contributed by atoms with Gasteiger partial charge in [-0.15, -0.1) is 0 Å². The maximum Gasteiger partial charge on any atom is 0.313 e. The van der Waals surface area contributed by atoms with E-state index in [1.807, 2.05) is 6.08 Å². The van der Waals surface area contributed by atoms with Gasteiger partial charge in [0.25, 0.3) is 5.91 Å². The van der Waals surface area contributed by atoms with Crippen LogP contribution in [-0.4, -0.2) is 25.0 Å². The Balaban J connectivity index is 1.74. The summed E-state index contributed by atoms with van der Waals surface area (Å²) in [4.78, 5) is 24.8. The van der Waals surface area contributed by atoms with Crippen LogP contribution in [0, 0.1) is 11.7 Å². The lowest BCUT2D eigenvalue weighted by atomic mass is 9.85. The summed E-state index contributed by atoms with van der Waals surface area (Å²) in [6.45, 7) is 0. The van der Waals surface area contributed by atoms with E-state index in [9.17, 15) is 14.0 Å². The number of methoxy groups -OCH3 is 1. The quantitative estimate of drug-likeness (QED) is 0.558. The molecule has 1 amide bonds. The van der Waals surface area contributed by atoms with E-state index in [0.717, 1.165) is 0 Å². The van der Waals surface area contributed by atoms with Crippen LogP contribution in [0.4, 0.5) is 4.39 Å². The smallest absolute Gasteiger partial charge is 0.313 e. The molecule has 0 aromatic heterocycles. The highest BCUT2D eigenvalue weighted by Crippen LogP contribution is 2.35. The van der Waals surface area contributed by atoms with Gasteiger partial charge in [0, 0.05) is 27.2 Å². The van der Waals surface area contributed by atoms with Gasteiger partial charge in [0.2, 0.25) is 0 Å². The van der Waals surface area contributed by atoms with Crippen molar-refractivity contribution in [3.63, 3.8) is 0 Å². The van der Waals surface area contributed by atoms with Crippen LogP contribution in [-0.2, 0) is 9.53 Å². The number of allylic oxidation sites excluding steroid dienone is 1. The number of carbonyl (C=O) groups is 2. The molecule has 1 aliphatic rings. The number of ether oxygens (including phenoxy) is 1. The first-order valence-corrected chi connectivity index (χ1v) is 9.42. The Hall–Kier alpha value is -2.37. The van der Waals surface area contributed by atoms with Crippen molar-refractivity contribution in [1.29, 1.82) is 0 Å². The van der Waals surface area contributed by atoms with Crippen LogP contribution in [0.1, 0.15) is 28.3 Å². The average molecular weight is 422 g/mol. The number of halogens is 3. The van der Waals surface area contributed by atoms with Crippen LogP contribution < -0.4 is 5.32 Å². The summed E-state index contributed by atoms with van der Waals surface area (Å²) in [6, 6.07) is 10.4. The van der Waals surface area contributed by atoms with E-state index in [4.69, 9.17) is 27.9 Å². The summed E-state index contributed by atoms with van der Waals surface area (Å²) < 4.78 is 19.2. The van der Waals surface area contributed by atoms with Gasteiger partial charge in [0.15, 0.2) is 0 Å². The van der Waals surface area contributed by atoms with Gasteiger partial charge in [-0.05, 0) is 36.6 Å². The molecule has 0 aliphatic heterocycles. The zero-order valence-corrected chi connectivity index (χ0v) is 16.5. The van der Waals surface area contributed by atoms with Gasteiger partial charge in [0.1, 0.15) is 5.82 Å². The number of hydrogen-bond donors (Lipinski definition) is 1. The van der Waals surface area contributed by atoms with Gasteiger partial charge in [0.05, 0.1) is 13.0 Å². The zero-order chi connectivity index (χ0) is 20.3. The highest BCUT2D eigenvalue weighted by atomic mass is 35.5. The SMILES string of the molecule is COC(=O)[C@H](c1ccccc1F)[C@H]1C=C[C@H](NC(=O)c2cc(Cl)cc(Cl)c2)C1. The molecule has 3 atom stereocenters. The first-order chi connectivity index (χ1) is 13.4. The summed E-state index contributed by atoms with van der Waals surface area (Å²) >= 11 is 11.9. The molecule has 3 rings (SSSR count). The number of hydrogen-bond acceptors (Lipinski definition) is 3. The van der Waals surface area contributed by atoms with Crippen molar-refractivity contribution >= 4 is 35.1 Å². The van der Waals surface area contributed by atoms with Gasteiger partial charge >= 0.3 is 5.97 Å². The number of rotatable bonds is 5. The Labute approximate surface area is 172 Å². The maximum atomic E-state index is 14.3. The van der Waals surface area contributed by atoms with Crippen molar-refractivity contribution < 1.29 is 18.7 Å². The van der Waals surface area contributed by atoms with E-state index < -0.39 is 17.7 Å². The van der Waals surface area contributed by atoms with E-state index in [2.05, 4.69) is 5.32 Å². The van der Waals surface area contributed by atoms with Crippen LogP contribution in [0.5, 0.6) is 0 Å². The highest BCUT2D eigenvalue weighted by Gasteiger charge is 2.35. The van der Waals surface area contributed by atoms with Crippen molar-refractivity contribution in [2.24, 2.45) is 5.92 Å². The predicted octanol–water partition coefficient (Wildman–Crippen LogP) is 4.76. The van der Waals surface area contributed by atoms with Gasteiger partial charge in [-0.3, -0.25) is 9.59 Å². The topological polar surface area (TPSA) is 55.4 Å². The molecular weight excluding hydrogens is 404 g/mol. The van der Waals surface area contributed by atoms with Crippen molar-refractivity contribution in [3.05, 3.63) is 81.6 Å². The third kappa shape index (κ3) is 4.54. The Bertz CT molecular complexity index is 911. The summed E-state index contributed by atoms with van der Waals surface area (Å²) in [5.74, 6) is -2.41. The minimum Gasteiger partial charge on any atom is -0.469 e. The third-order valence-electron chi connectivity index (χ3n) is 4.68. The summed E-state index contributed by atoms with van der Waals surface area (Å²) in [5.41, 5.74) is 0.616. The number of carbonyl (C=O) groups excluding carboxylic acids is 2. The predicted molar refractivity (Wildman–Crippen MR) is 106 cm³/mol. The second kappa shape index (κ2) is 8.76. The molecule has 0 radical (unpaired) electrons. The van der Waals surface area contributed by atoms with E-state index in [0.29, 0.717) is 22.0 Å². The molecule has 0 spiro atoms. The molecule has 0 unspecified atom stereocenters. The molecule has 0 fully saturated rings. The van der Waals surface area contributed by atoms with Gasteiger partial charge in [-0.25, -0.2) is 4.39 Å². The van der Waals surface area contributed by atoms with Crippen LogP contribution in [0.25, 0.3) is 0 Å². The number of amides is 1. The Morgan fingerprint density at radius 2 is 1.82 bits per heavy atom. The standard InChI is InChI=1S/C21H18Cl2FNO3/c1-28-21(27)19(17-4-2-3-5-18(17)24)12-6-7-16(10-12)25-20(26)13-8-14(22)11-15(23)9-13/h2-9,11-12,16,19H,10H2,1H3,(H,25,26)/t12-,16-,19-/m0/s1. The maximum absolute atomic E-state index is 14.3. The van der Waals surface area contributed by atoms with Gasteiger partial charge in [-0.2, -0.15) is 0 Å². The first-order valence-electron chi connectivity index (χ1n) is 8.66. The average Bonchev–Trinajstić information content (AvgIpc) is 3.10. The van der Waals surface area contributed by atoms with Gasteiger partial charge < -0.3 is 10.1 Å². The van der Waals surface area contributed by atoms with Crippen molar-refractivity contribution in [1.82, 2.24) is 5.32 Å². The lowest BCUT2D eigenvalue weighted by molar-refractivity contribution is -0.143. The van der Waals surface area contributed by atoms with Crippen molar-refractivity contribution in [3.8, 4) is 0 Å². The normalized spacial score (nSPS) is 19.3. The Kier molecular flexibility index (Phi) is 6.37. The molecule has 28 heavy (non-hydrogen) atoms. The molecule has 0 heterocycles. The second-order valence-corrected chi connectivity index (χ2v) is 7.42. The molecule has 146 valence electrons. The number of esters is 1. The minimum absolute atomic E-state index is 0.276. The van der Waals surface area contributed by atoms with Crippen molar-refractivity contribution in [2.45, 2.75) is 18.4 Å². The minimum atomic E-state index is -0.787. The molecule has 0 bridgehead atoms. The van der Waals surface area contributed by atoms with E-state index in [1.165, 1.54) is 25.3 Å². The largest absolute Gasteiger partial charge is 0.469 e. The number of benzene rings is 2. The molecule has 0 saturated carbocycles. The fraction of sp³-hybridized carbons (Fsp3) is 0.238. The summed E-state index contributed by atoms with van der Waals surface area (Å²) in [5, 5.41) is 3.60. The lowest BCUT2D eigenvalue weighted by Gasteiger charge is -2.22. The van der Waals surface area contributed by atoms with Crippen LogP contribution in [0.3, 0.4) is 0 Å². The van der Waals surface area contributed by atoms with Crippen LogP contribution in [0.15, 0.2) is 54.6 Å². The van der Waals surface area contributed by atoms with Crippen LogP contribution >= 0.6 is 23.2 Å². The van der Waals surface area contributed by atoms with Crippen LogP contribution in [0.2, 0.25) is 10.0 Å². The fourth-order valence-corrected chi connectivity index (χ4v) is 3.93. The molecular formula is C21H18Cl2FNO3. The monoisotopic (exact) mass is 421 g/mol. The molecule has 0 saturated heterocycles. The molecule has 2 aromatic rings. The van der Waals surface area contributed by atoms with Gasteiger partial charge in [-0.1, -0.05) is 53.6 Å². The second-order valence-electron chi connectivity index (χ2n) is 6.54. The van der Waals surface area contributed by atoms with E-state index in [-0.39, 0.29) is 23.4 Å². The van der Waals surface area contributed by atoms with E-state index >= 15 is 0 Å². The molecule has 2 aromatic carbocycles. The van der Waals surface area contributed by atoms with E-state index in [1.54, 1.807) is 30.3 Å². The summed E-state index contributed by atoms with van der Waals surface area (Å²) in [6.07, 6.45) is 4.05. The zero-order valence-electron chi connectivity index (χ0n) is 15.0. The third-order valence-corrected chi connectivity index (χ3v) is 5.12.